The standard InChI is InChI=1S/C47H40N6/c1-44-32-14-11-15-33(26-32)45(2)35-17-13-19-37(28-35)47(4,50-29-48(44)38-20-5-7-22-40(38)50)53-31-52(42-24-9-10-25-43(42)53)46(3,36-18-12-16-34(44)27-36)51-30-49(45)39-21-6-8-23-41(39)51/h5-28H,29,31H2,1-4H3. The Morgan fingerprint density at radius 1 is 0.453 bits per heavy atom. The molecule has 0 saturated heterocycles. The van der Waals surface area contributed by atoms with E-state index in [0.717, 1.165) is 11.0 Å². The van der Waals surface area contributed by atoms with E-state index in [4.69, 9.17) is 0 Å². The molecule has 4 unspecified atom stereocenters. The number of fused-ring (bicyclic) bond motifs is 3. The molecule has 0 amide bonds. The summed E-state index contributed by atoms with van der Waals surface area (Å²) in [4.78, 5) is 10.7. The number of para-hydroxylation sites is 6. The Balaban J connectivity index is 1.38. The third-order valence-electron chi connectivity index (χ3n) is 14.0. The van der Waals surface area contributed by atoms with Gasteiger partial charge in [-0.25, -0.2) is 0 Å². The second kappa shape index (κ2) is 9.50. The van der Waals surface area contributed by atoms with Gasteiger partial charge in [-0.1, -0.05) is 103 Å². The maximum atomic E-state index is 4.11. The number of rotatable bonds is 0. The van der Waals surface area contributed by atoms with E-state index in [1.807, 2.05) is 0 Å². The number of nitrogens with zero attached hydrogens (tertiary/aromatic N) is 6. The van der Waals surface area contributed by atoms with Crippen LogP contribution in [-0.2, 0) is 22.4 Å². The van der Waals surface area contributed by atoms with Crippen LogP contribution in [0.15, 0.2) is 146 Å². The van der Waals surface area contributed by atoms with E-state index in [9.17, 15) is 0 Å². The molecule has 6 aromatic carbocycles. The normalized spacial score (nSPS) is 26.9. The highest BCUT2D eigenvalue weighted by molar-refractivity contribution is 5.85. The molecule has 0 N–H and O–H groups in total. The summed E-state index contributed by atoms with van der Waals surface area (Å²) in [6.45, 7) is 11.1. The molecule has 0 saturated carbocycles. The zero-order valence-corrected chi connectivity index (χ0v) is 30.5. The number of hydrogen-bond acceptors (Lipinski definition) is 4. The first-order valence-corrected chi connectivity index (χ1v) is 18.8. The number of aromatic nitrogens is 2. The average molecular weight is 689 g/mol. The molecule has 7 aromatic rings. The molecule has 16 bridgehead atoms. The molecule has 0 aliphatic carbocycles. The highest BCUT2D eigenvalue weighted by Gasteiger charge is 2.56. The first kappa shape index (κ1) is 29.6. The zero-order valence-electron chi connectivity index (χ0n) is 30.5. The summed E-state index contributed by atoms with van der Waals surface area (Å²) in [5.74, 6) is 0. The van der Waals surface area contributed by atoms with Crippen molar-refractivity contribution in [3.05, 3.63) is 185 Å². The van der Waals surface area contributed by atoms with Crippen LogP contribution >= 0.6 is 0 Å². The van der Waals surface area contributed by atoms with Crippen LogP contribution in [0.5, 0.6) is 0 Å². The van der Waals surface area contributed by atoms with E-state index in [2.05, 4.69) is 208 Å². The van der Waals surface area contributed by atoms with Crippen LogP contribution in [0.3, 0.4) is 0 Å². The first-order valence-electron chi connectivity index (χ1n) is 18.8. The van der Waals surface area contributed by atoms with Gasteiger partial charge in [-0.15, -0.1) is 0 Å². The summed E-state index contributed by atoms with van der Waals surface area (Å²) < 4.78 is 4.89. The van der Waals surface area contributed by atoms with Crippen molar-refractivity contribution in [2.45, 2.75) is 50.1 Å². The minimum absolute atomic E-state index is 0.522. The topological polar surface area (TPSA) is 21.8 Å². The van der Waals surface area contributed by atoms with Crippen LogP contribution in [0, 0.1) is 6.33 Å². The Bertz CT molecular complexity index is 2710. The fraction of sp³-hybridized carbons (Fsp3) is 0.213. The van der Waals surface area contributed by atoms with Gasteiger partial charge in [0, 0.05) is 34.6 Å². The Morgan fingerprint density at radius 3 is 1.51 bits per heavy atom. The number of anilines is 4. The largest absolute Gasteiger partial charge is 0.338 e. The average Bonchev–Trinajstić information content (AvgIpc) is 3.93. The van der Waals surface area contributed by atoms with Gasteiger partial charge < -0.3 is 28.7 Å². The quantitative estimate of drug-likeness (QED) is 0.118. The van der Waals surface area contributed by atoms with Crippen LogP contribution in [0.2, 0.25) is 0 Å². The molecule has 7 heterocycles. The van der Waals surface area contributed by atoms with Crippen molar-refractivity contribution < 1.29 is 4.57 Å². The van der Waals surface area contributed by atoms with E-state index in [0.29, 0.717) is 13.3 Å². The Hall–Kier alpha value is -6.01. The molecular weight excluding hydrogens is 649 g/mol. The molecule has 0 fully saturated rings. The molecule has 0 spiro atoms. The molecule has 6 aliphatic heterocycles. The lowest BCUT2D eigenvalue weighted by molar-refractivity contribution is -0.721. The van der Waals surface area contributed by atoms with Gasteiger partial charge in [0.05, 0.1) is 41.6 Å². The lowest BCUT2D eigenvalue weighted by atomic mass is 9.76. The summed E-state index contributed by atoms with van der Waals surface area (Å²) in [6, 6.07) is 55.4. The lowest BCUT2D eigenvalue weighted by Crippen LogP contribution is -2.63. The highest BCUT2D eigenvalue weighted by atomic mass is 15.6. The fourth-order valence-corrected chi connectivity index (χ4v) is 10.8. The van der Waals surface area contributed by atoms with Crippen LogP contribution < -0.4 is 24.2 Å². The maximum absolute atomic E-state index is 4.11. The van der Waals surface area contributed by atoms with Gasteiger partial charge in [0.2, 0.25) is 6.33 Å². The SMILES string of the molecule is CC12c3cccc(c3)C3(C)N4CN(c5ccccc54)C(C)(c4cccc(c4)C(C)(c4cccc1c4)[n+]1[c-]n3c3ccccc31)N1CN2c2ccccc21. The van der Waals surface area contributed by atoms with Gasteiger partial charge in [0.25, 0.3) is 0 Å². The second-order valence-corrected chi connectivity index (χ2v) is 16.2. The monoisotopic (exact) mass is 688 g/mol. The van der Waals surface area contributed by atoms with Crippen molar-refractivity contribution in [2.75, 3.05) is 32.9 Å². The molecule has 4 atom stereocenters. The van der Waals surface area contributed by atoms with Gasteiger partial charge in [-0.2, -0.15) is 0 Å². The van der Waals surface area contributed by atoms with Gasteiger partial charge >= 0.3 is 0 Å². The van der Waals surface area contributed by atoms with Crippen molar-refractivity contribution in [2.24, 2.45) is 0 Å². The molecular formula is C47H40N6. The molecule has 6 aliphatic rings. The van der Waals surface area contributed by atoms with Crippen molar-refractivity contribution >= 4 is 33.8 Å². The van der Waals surface area contributed by atoms with Crippen molar-refractivity contribution in [3.8, 4) is 0 Å². The van der Waals surface area contributed by atoms with Crippen molar-refractivity contribution in [1.82, 2.24) is 4.57 Å². The summed E-state index contributed by atoms with van der Waals surface area (Å²) >= 11 is 0. The summed E-state index contributed by atoms with van der Waals surface area (Å²) in [7, 11) is 0. The molecule has 53 heavy (non-hydrogen) atoms. The van der Waals surface area contributed by atoms with E-state index in [1.165, 1.54) is 56.1 Å². The summed E-state index contributed by atoms with van der Waals surface area (Å²) in [5, 5.41) is 0. The van der Waals surface area contributed by atoms with Gasteiger partial charge in [-0.3, -0.25) is 0 Å². The minimum Gasteiger partial charge on any atom is -0.338 e. The fourth-order valence-electron chi connectivity index (χ4n) is 10.8. The van der Waals surface area contributed by atoms with Crippen molar-refractivity contribution in [1.29, 1.82) is 0 Å². The van der Waals surface area contributed by atoms with Gasteiger partial charge in [0.1, 0.15) is 11.2 Å². The third kappa shape index (κ3) is 3.27. The first-order chi connectivity index (χ1) is 25.8. The third-order valence-corrected chi connectivity index (χ3v) is 14.0. The van der Waals surface area contributed by atoms with Crippen LogP contribution in [0.4, 0.5) is 22.7 Å². The van der Waals surface area contributed by atoms with Crippen LogP contribution in [0.25, 0.3) is 11.0 Å². The summed E-state index contributed by atoms with van der Waals surface area (Å²) in [6.07, 6.45) is 4.11. The predicted molar refractivity (Wildman–Crippen MR) is 211 cm³/mol. The smallest absolute Gasteiger partial charge is 0.208 e. The Kier molecular flexibility index (Phi) is 5.30. The molecule has 1 aromatic heterocycles. The molecule has 6 heteroatoms. The van der Waals surface area contributed by atoms with Crippen molar-refractivity contribution in [3.63, 3.8) is 0 Å². The Morgan fingerprint density at radius 2 is 0.887 bits per heavy atom. The van der Waals surface area contributed by atoms with Crippen LogP contribution in [-0.4, -0.2) is 17.9 Å². The maximum Gasteiger partial charge on any atom is 0.208 e. The second-order valence-electron chi connectivity index (χ2n) is 16.2. The zero-order chi connectivity index (χ0) is 35.5. The highest BCUT2D eigenvalue weighted by Crippen LogP contribution is 2.57. The predicted octanol–water partition coefficient (Wildman–Crippen LogP) is 8.61. The Labute approximate surface area is 310 Å². The summed E-state index contributed by atoms with van der Waals surface area (Å²) in [5.41, 5.74) is 12.3. The van der Waals surface area contributed by atoms with Gasteiger partial charge in [-0.05, 0) is 79.9 Å². The number of hydrogen-bond donors (Lipinski definition) is 0. The van der Waals surface area contributed by atoms with E-state index in [-0.39, 0.29) is 0 Å². The van der Waals surface area contributed by atoms with E-state index < -0.39 is 22.4 Å². The lowest BCUT2D eigenvalue weighted by Gasteiger charge is -2.51. The van der Waals surface area contributed by atoms with E-state index in [1.54, 1.807) is 0 Å². The molecule has 258 valence electrons. The number of benzene rings is 6. The van der Waals surface area contributed by atoms with Crippen LogP contribution in [0.1, 0.15) is 61.1 Å². The number of imidazole rings is 1. The minimum atomic E-state index is -0.677. The molecule has 6 nitrogen and oxygen atoms in total. The molecule has 0 radical (unpaired) electrons. The molecule has 13 rings (SSSR count). The van der Waals surface area contributed by atoms with Gasteiger partial charge in [0.15, 0.2) is 5.66 Å². The van der Waals surface area contributed by atoms with E-state index >= 15 is 0 Å².